The van der Waals surface area contributed by atoms with Crippen molar-refractivity contribution in [2.75, 3.05) is 6.61 Å². The number of carboxylic acids is 1. The zero-order valence-corrected chi connectivity index (χ0v) is 11.2. The number of hydrogen-bond acceptors (Lipinski definition) is 3. The Hall–Kier alpha value is -0.860. The van der Waals surface area contributed by atoms with Crippen LogP contribution in [-0.4, -0.2) is 39.8 Å². The molecule has 0 radical (unpaired) electrons. The third-order valence-corrected chi connectivity index (χ3v) is 1.92. The summed E-state index contributed by atoms with van der Waals surface area (Å²) >= 11 is 15.7. The van der Waals surface area contributed by atoms with Gasteiger partial charge in [0.25, 0.3) is 0 Å². The van der Waals surface area contributed by atoms with E-state index in [1.807, 2.05) is 0 Å². The lowest BCUT2D eigenvalue weighted by atomic mass is 10.1. The first-order valence-electron chi connectivity index (χ1n) is 4.33. The molecule has 0 rings (SSSR count). The monoisotopic (exact) mass is 343 g/mol. The Morgan fingerprint density at radius 2 is 1.79 bits per heavy atom. The van der Waals surface area contributed by atoms with Gasteiger partial charge in [-0.25, -0.2) is 9.59 Å². The molecule has 11 heteroatoms. The summed E-state index contributed by atoms with van der Waals surface area (Å²) < 4.78 is 39.1. The molecule has 0 aliphatic rings. The topological polar surface area (TPSA) is 75.6 Å². The van der Waals surface area contributed by atoms with Gasteiger partial charge in [0.1, 0.15) is 6.61 Å². The van der Waals surface area contributed by atoms with Gasteiger partial charge in [0.2, 0.25) is 3.79 Å². The highest BCUT2D eigenvalue weighted by molar-refractivity contribution is 6.67. The van der Waals surface area contributed by atoms with E-state index in [0.717, 1.165) is 0 Å². The Bertz CT molecular complexity index is 380. The summed E-state index contributed by atoms with van der Waals surface area (Å²) in [6.07, 6.45) is -6.49. The van der Waals surface area contributed by atoms with Crippen LogP contribution in [0.3, 0.4) is 0 Å². The second-order valence-electron chi connectivity index (χ2n) is 3.13. The van der Waals surface area contributed by atoms with Gasteiger partial charge in [-0.1, -0.05) is 41.4 Å². The third kappa shape index (κ3) is 7.34. The van der Waals surface area contributed by atoms with E-state index < -0.39 is 40.3 Å². The Morgan fingerprint density at radius 1 is 1.32 bits per heavy atom. The Labute approximate surface area is 120 Å². The molecule has 5 nitrogen and oxygen atoms in total. The van der Waals surface area contributed by atoms with Crippen LogP contribution in [-0.2, 0) is 9.53 Å². The molecule has 0 saturated heterocycles. The number of carbonyl (C=O) groups excluding carboxylic acids is 1. The number of nitrogens with one attached hydrogen (secondary N) is 1. The van der Waals surface area contributed by atoms with Crippen molar-refractivity contribution in [3.05, 3.63) is 12.2 Å². The van der Waals surface area contributed by atoms with Crippen molar-refractivity contribution in [2.24, 2.45) is 0 Å². The number of carboxylic acid groups (broad SMARTS) is 1. The Morgan fingerprint density at radius 3 is 2.11 bits per heavy atom. The van der Waals surface area contributed by atoms with E-state index >= 15 is 0 Å². The fourth-order valence-corrected chi connectivity index (χ4v) is 0.932. The minimum atomic E-state index is -4.99. The molecule has 0 bridgehead atoms. The van der Waals surface area contributed by atoms with Crippen molar-refractivity contribution in [1.82, 2.24) is 5.32 Å². The van der Waals surface area contributed by atoms with Crippen LogP contribution < -0.4 is 5.32 Å². The predicted molar refractivity (Wildman–Crippen MR) is 61.4 cm³/mol. The number of aliphatic carboxylic acids is 1. The molecular weight excluding hydrogens is 337 g/mol. The molecule has 0 aliphatic carbocycles. The fraction of sp³-hybridized carbons (Fsp3) is 0.500. The molecule has 0 aromatic rings. The number of ether oxygens (including phenoxy) is 1. The van der Waals surface area contributed by atoms with Crippen molar-refractivity contribution in [3.8, 4) is 0 Å². The number of alkyl carbamates (subject to hydrolysis) is 1. The average Bonchev–Trinajstić information content (AvgIpc) is 2.19. The highest BCUT2D eigenvalue weighted by Gasteiger charge is 2.41. The van der Waals surface area contributed by atoms with Crippen LogP contribution in [0.4, 0.5) is 18.0 Å². The number of halogens is 6. The molecule has 0 aromatic heterocycles. The normalized spacial score (nSPS) is 13.6. The lowest BCUT2D eigenvalue weighted by Crippen LogP contribution is -2.46. The highest BCUT2D eigenvalue weighted by Crippen LogP contribution is 2.27. The van der Waals surface area contributed by atoms with Gasteiger partial charge < -0.3 is 15.2 Å². The van der Waals surface area contributed by atoms with Crippen LogP contribution in [0.5, 0.6) is 0 Å². The summed E-state index contributed by atoms with van der Waals surface area (Å²) in [6, 6.07) is -2.40. The molecule has 1 unspecified atom stereocenters. The van der Waals surface area contributed by atoms with Crippen LogP contribution in [0.2, 0.25) is 0 Å². The summed E-state index contributed by atoms with van der Waals surface area (Å²) in [7, 11) is 0. The predicted octanol–water partition coefficient (Wildman–Crippen LogP) is 2.65. The summed E-state index contributed by atoms with van der Waals surface area (Å²) in [6.45, 7) is 1.79. The average molecular weight is 344 g/mol. The van der Waals surface area contributed by atoms with Crippen LogP contribution in [0, 0.1) is 0 Å². The van der Waals surface area contributed by atoms with Crippen LogP contribution in [0.15, 0.2) is 12.2 Å². The van der Waals surface area contributed by atoms with E-state index in [-0.39, 0.29) is 0 Å². The molecule has 0 aliphatic heterocycles. The smallest absolute Gasteiger partial charge is 0.414 e. The Balaban J connectivity index is 4.66. The SMILES string of the molecule is C=C(C(NC(=O)OCC(Cl)(Cl)Cl)C(=O)O)C(F)(F)F. The molecule has 0 heterocycles. The quantitative estimate of drug-likeness (QED) is 0.607. The first-order chi connectivity index (χ1) is 8.34. The molecule has 110 valence electrons. The lowest BCUT2D eigenvalue weighted by molar-refractivity contribution is -0.142. The number of carbonyl (C=O) groups is 2. The summed E-state index contributed by atoms with van der Waals surface area (Å²) in [5.41, 5.74) is -1.68. The van der Waals surface area contributed by atoms with Crippen molar-refractivity contribution in [1.29, 1.82) is 0 Å². The van der Waals surface area contributed by atoms with Crippen molar-refractivity contribution >= 4 is 46.9 Å². The zero-order chi connectivity index (χ0) is 15.4. The molecular formula is C8H7Cl3F3NO4. The molecule has 0 saturated carbocycles. The summed E-state index contributed by atoms with van der Waals surface area (Å²) in [5.74, 6) is -1.96. The van der Waals surface area contributed by atoms with E-state index in [4.69, 9.17) is 39.9 Å². The largest absolute Gasteiger partial charge is 0.479 e. The zero-order valence-electron chi connectivity index (χ0n) is 8.93. The van der Waals surface area contributed by atoms with E-state index in [9.17, 15) is 22.8 Å². The highest BCUT2D eigenvalue weighted by atomic mass is 35.6. The molecule has 0 spiro atoms. The number of alkyl halides is 6. The fourth-order valence-electron chi connectivity index (χ4n) is 0.768. The maximum atomic E-state index is 12.3. The molecule has 0 fully saturated rings. The van der Waals surface area contributed by atoms with Crippen molar-refractivity contribution < 1.29 is 32.6 Å². The van der Waals surface area contributed by atoms with E-state index in [1.54, 1.807) is 0 Å². The molecule has 19 heavy (non-hydrogen) atoms. The molecule has 1 amide bonds. The van der Waals surface area contributed by atoms with Gasteiger partial charge in [0.05, 0.1) is 5.57 Å². The number of hydrogen-bond donors (Lipinski definition) is 2. The summed E-state index contributed by atoms with van der Waals surface area (Å²) in [4.78, 5) is 21.7. The van der Waals surface area contributed by atoms with Crippen LogP contribution in [0.1, 0.15) is 0 Å². The maximum Gasteiger partial charge on any atom is 0.414 e. The van der Waals surface area contributed by atoms with Gasteiger partial charge in [-0.15, -0.1) is 0 Å². The second-order valence-corrected chi connectivity index (χ2v) is 5.65. The van der Waals surface area contributed by atoms with Crippen LogP contribution in [0.25, 0.3) is 0 Å². The van der Waals surface area contributed by atoms with Gasteiger partial charge >= 0.3 is 18.2 Å². The van der Waals surface area contributed by atoms with Crippen molar-refractivity contribution in [2.45, 2.75) is 16.0 Å². The van der Waals surface area contributed by atoms with E-state index in [1.165, 1.54) is 5.32 Å². The first kappa shape index (κ1) is 18.1. The van der Waals surface area contributed by atoms with E-state index in [0.29, 0.717) is 0 Å². The Kier molecular flexibility index (Phi) is 6.24. The number of amides is 1. The van der Waals surface area contributed by atoms with Crippen molar-refractivity contribution in [3.63, 3.8) is 0 Å². The standard InChI is InChI=1S/C8H7Cl3F3NO4/c1-3(8(12,13)14)4(5(16)17)15-6(18)19-2-7(9,10)11/h4H,1-2H2,(H,15,18)(H,16,17). The maximum absolute atomic E-state index is 12.3. The van der Waals surface area contributed by atoms with Gasteiger partial charge in [-0.05, 0) is 0 Å². The van der Waals surface area contributed by atoms with Gasteiger partial charge in [0, 0.05) is 0 Å². The van der Waals surface area contributed by atoms with Crippen LogP contribution >= 0.6 is 34.8 Å². The minimum Gasteiger partial charge on any atom is -0.479 e. The summed E-state index contributed by atoms with van der Waals surface area (Å²) in [5, 5.41) is 10.0. The lowest BCUT2D eigenvalue weighted by Gasteiger charge is -2.19. The second kappa shape index (κ2) is 6.53. The van der Waals surface area contributed by atoms with Gasteiger partial charge in [-0.2, -0.15) is 13.2 Å². The minimum absolute atomic E-state index is 0.770. The third-order valence-electron chi connectivity index (χ3n) is 1.59. The van der Waals surface area contributed by atoms with Gasteiger partial charge in [0.15, 0.2) is 6.04 Å². The van der Waals surface area contributed by atoms with Gasteiger partial charge in [-0.3, -0.25) is 0 Å². The van der Waals surface area contributed by atoms with E-state index in [2.05, 4.69) is 11.3 Å². The molecule has 2 N–H and O–H groups in total. The molecule has 1 atom stereocenters. The number of rotatable bonds is 4. The first-order valence-corrected chi connectivity index (χ1v) is 5.47. The molecule has 0 aromatic carbocycles.